The summed E-state index contributed by atoms with van der Waals surface area (Å²) in [6.07, 6.45) is -4.60. The quantitative estimate of drug-likeness (QED) is 0.887. The van der Waals surface area contributed by atoms with Gasteiger partial charge >= 0.3 is 6.18 Å². The van der Waals surface area contributed by atoms with Crippen molar-refractivity contribution in [2.24, 2.45) is 0 Å². The van der Waals surface area contributed by atoms with E-state index in [-0.39, 0.29) is 12.4 Å². The number of aryl methyl sites for hydroxylation is 1. The molecule has 1 aliphatic rings. The van der Waals surface area contributed by atoms with Crippen LogP contribution in [0.15, 0.2) is 6.07 Å². The van der Waals surface area contributed by atoms with Crippen molar-refractivity contribution in [2.45, 2.75) is 13.1 Å². The van der Waals surface area contributed by atoms with Gasteiger partial charge in [-0.05, 0) is 6.92 Å². The maximum absolute atomic E-state index is 12.8. The highest BCUT2D eigenvalue weighted by Gasteiger charge is 2.37. The first kappa shape index (κ1) is 15.9. The van der Waals surface area contributed by atoms with Crippen molar-refractivity contribution in [3.05, 3.63) is 17.6 Å². The van der Waals surface area contributed by atoms with Gasteiger partial charge in [-0.15, -0.1) is 5.10 Å². The van der Waals surface area contributed by atoms with Crippen molar-refractivity contribution in [3.8, 4) is 0 Å². The van der Waals surface area contributed by atoms with Crippen LogP contribution in [0.25, 0.3) is 5.78 Å². The zero-order valence-electron chi connectivity index (χ0n) is 12.6. The molecule has 0 amide bonds. The van der Waals surface area contributed by atoms with E-state index in [4.69, 9.17) is 5.11 Å². The molecule has 1 N–H and O–H groups in total. The van der Waals surface area contributed by atoms with Crippen LogP contribution in [0, 0.1) is 6.92 Å². The first-order chi connectivity index (χ1) is 10.9. The molecule has 0 atom stereocenters. The van der Waals surface area contributed by atoms with Crippen LogP contribution in [0.3, 0.4) is 0 Å². The summed E-state index contributed by atoms with van der Waals surface area (Å²) in [6.45, 7) is 5.14. The van der Waals surface area contributed by atoms with Gasteiger partial charge in [-0.25, -0.2) is 4.98 Å². The molecule has 1 aliphatic heterocycles. The molecule has 0 unspecified atom stereocenters. The monoisotopic (exact) mass is 330 g/mol. The SMILES string of the molecule is Cc1cc(N2CCN(CCO)CC2)n2nc(C(F)(F)F)nc2n1. The maximum atomic E-state index is 12.8. The Morgan fingerprint density at radius 1 is 1.17 bits per heavy atom. The number of hydrogen-bond donors (Lipinski definition) is 1. The molecule has 126 valence electrons. The number of hydrogen-bond acceptors (Lipinski definition) is 6. The number of nitrogens with zero attached hydrogens (tertiary/aromatic N) is 6. The Balaban J connectivity index is 1.93. The predicted molar refractivity (Wildman–Crippen MR) is 76.3 cm³/mol. The van der Waals surface area contributed by atoms with E-state index < -0.39 is 12.0 Å². The molecule has 3 heterocycles. The summed E-state index contributed by atoms with van der Waals surface area (Å²) in [5.74, 6) is -0.681. The number of aliphatic hydroxyl groups is 1. The molecule has 0 spiro atoms. The molecule has 0 saturated carbocycles. The maximum Gasteiger partial charge on any atom is 0.453 e. The summed E-state index contributed by atoms with van der Waals surface area (Å²) in [5.41, 5.74) is 0.589. The first-order valence-corrected chi connectivity index (χ1v) is 7.28. The van der Waals surface area contributed by atoms with Gasteiger partial charge in [-0.2, -0.15) is 22.7 Å². The zero-order valence-corrected chi connectivity index (χ0v) is 12.6. The molecule has 7 nitrogen and oxygen atoms in total. The molecule has 0 aliphatic carbocycles. The van der Waals surface area contributed by atoms with Crippen LogP contribution < -0.4 is 4.90 Å². The lowest BCUT2D eigenvalue weighted by Gasteiger charge is -2.35. The van der Waals surface area contributed by atoms with Crippen molar-refractivity contribution in [1.82, 2.24) is 24.5 Å². The summed E-state index contributed by atoms with van der Waals surface area (Å²) >= 11 is 0. The molecule has 10 heteroatoms. The second-order valence-corrected chi connectivity index (χ2v) is 5.45. The average molecular weight is 330 g/mol. The summed E-state index contributed by atoms with van der Waals surface area (Å²) in [6, 6.07) is 1.71. The number of aromatic nitrogens is 4. The summed E-state index contributed by atoms with van der Waals surface area (Å²) in [5, 5.41) is 12.5. The Labute approximate surface area is 130 Å². The minimum Gasteiger partial charge on any atom is -0.395 e. The fourth-order valence-electron chi connectivity index (χ4n) is 2.66. The molecule has 1 saturated heterocycles. The van der Waals surface area contributed by atoms with Crippen LogP contribution in [-0.4, -0.2) is 68.9 Å². The minimum absolute atomic E-state index is 0.0508. The Bertz CT molecular complexity index is 693. The Morgan fingerprint density at radius 2 is 1.87 bits per heavy atom. The molecule has 1 fully saturated rings. The van der Waals surface area contributed by atoms with Crippen LogP contribution in [0.5, 0.6) is 0 Å². The van der Waals surface area contributed by atoms with Gasteiger partial charge in [0.1, 0.15) is 5.82 Å². The smallest absolute Gasteiger partial charge is 0.395 e. The predicted octanol–water partition coefficient (Wildman–Crippen LogP) is 0.566. The van der Waals surface area contributed by atoms with Gasteiger partial charge in [-0.1, -0.05) is 0 Å². The molecule has 0 bridgehead atoms. The molecule has 2 aromatic heterocycles. The molecule has 0 aromatic carbocycles. The molecular formula is C13H17F3N6O. The van der Waals surface area contributed by atoms with Crippen molar-refractivity contribution in [3.63, 3.8) is 0 Å². The summed E-state index contributed by atoms with van der Waals surface area (Å²) < 4.78 is 39.6. The summed E-state index contributed by atoms with van der Waals surface area (Å²) in [7, 11) is 0. The van der Waals surface area contributed by atoms with E-state index in [0.29, 0.717) is 31.1 Å². The number of β-amino-alcohol motifs (C(OH)–C–C–N with tert-alkyl or cyclic N) is 1. The fourth-order valence-corrected chi connectivity index (χ4v) is 2.66. The molecular weight excluding hydrogens is 313 g/mol. The van der Waals surface area contributed by atoms with Crippen LogP contribution in [0.1, 0.15) is 11.5 Å². The molecule has 23 heavy (non-hydrogen) atoms. The van der Waals surface area contributed by atoms with Gasteiger partial charge < -0.3 is 10.0 Å². The highest BCUT2D eigenvalue weighted by molar-refractivity contribution is 5.48. The number of piperazine rings is 1. The standard InChI is InChI=1S/C13H17F3N6O/c1-9-8-10(21-4-2-20(3-5-21)6-7-23)22-12(17-9)18-11(19-22)13(14,15)16/h8,23H,2-7H2,1H3. The van der Waals surface area contributed by atoms with Gasteiger partial charge in [0.05, 0.1) is 6.61 Å². The zero-order chi connectivity index (χ0) is 16.6. The van der Waals surface area contributed by atoms with Gasteiger partial charge in [0, 0.05) is 44.5 Å². The highest BCUT2D eigenvalue weighted by atomic mass is 19.4. The number of alkyl halides is 3. The lowest BCUT2D eigenvalue weighted by molar-refractivity contribution is -0.144. The van der Waals surface area contributed by atoms with Gasteiger partial charge in [0.25, 0.3) is 11.6 Å². The van der Waals surface area contributed by atoms with E-state index >= 15 is 0 Å². The van der Waals surface area contributed by atoms with Gasteiger partial charge in [0.15, 0.2) is 0 Å². The van der Waals surface area contributed by atoms with Crippen molar-refractivity contribution >= 4 is 11.6 Å². The number of aliphatic hydroxyl groups excluding tert-OH is 1. The second-order valence-electron chi connectivity index (χ2n) is 5.45. The van der Waals surface area contributed by atoms with Crippen LogP contribution in [-0.2, 0) is 6.18 Å². The van der Waals surface area contributed by atoms with Gasteiger partial charge in [0.2, 0.25) is 0 Å². The lowest BCUT2D eigenvalue weighted by Crippen LogP contribution is -2.47. The Kier molecular flexibility index (Phi) is 4.11. The number of rotatable bonds is 3. The van der Waals surface area contributed by atoms with Crippen LogP contribution in [0.2, 0.25) is 0 Å². The van der Waals surface area contributed by atoms with E-state index in [2.05, 4.69) is 20.0 Å². The van der Waals surface area contributed by atoms with E-state index in [9.17, 15) is 13.2 Å². The third kappa shape index (κ3) is 3.22. The van der Waals surface area contributed by atoms with Crippen molar-refractivity contribution < 1.29 is 18.3 Å². The van der Waals surface area contributed by atoms with Crippen LogP contribution >= 0.6 is 0 Å². The number of anilines is 1. The van der Waals surface area contributed by atoms with Crippen LogP contribution in [0.4, 0.5) is 19.0 Å². The van der Waals surface area contributed by atoms with Gasteiger partial charge in [-0.3, -0.25) is 4.90 Å². The number of halogens is 3. The molecule has 3 rings (SSSR count). The normalized spacial score (nSPS) is 17.2. The van der Waals surface area contributed by atoms with E-state index in [1.165, 1.54) is 0 Å². The minimum atomic E-state index is -4.60. The lowest BCUT2D eigenvalue weighted by atomic mass is 10.3. The largest absolute Gasteiger partial charge is 0.453 e. The van der Waals surface area contributed by atoms with E-state index in [1.54, 1.807) is 13.0 Å². The first-order valence-electron chi connectivity index (χ1n) is 7.28. The average Bonchev–Trinajstić information content (AvgIpc) is 2.91. The summed E-state index contributed by atoms with van der Waals surface area (Å²) in [4.78, 5) is 11.6. The van der Waals surface area contributed by atoms with E-state index in [1.807, 2.05) is 4.90 Å². The Hall–Kier alpha value is -1.94. The third-order valence-corrected chi connectivity index (χ3v) is 3.79. The fraction of sp³-hybridized carbons (Fsp3) is 0.615. The van der Waals surface area contributed by atoms with E-state index in [0.717, 1.165) is 17.6 Å². The van der Waals surface area contributed by atoms with Crippen molar-refractivity contribution in [1.29, 1.82) is 0 Å². The second kappa shape index (κ2) is 5.93. The molecule has 0 radical (unpaired) electrons. The highest BCUT2D eigenvalue weighted by Crippen LogP contribution is 2.28. The number of fused-ring (bicyclic) bond motifs is 1. The van der Waals surface area contributed by atoms with Crippen molar-refractivity contribution in [2.75, 3.05) is 44.2 Å². The topological polar surface area (TPSA) is 69.8 Å². The Morgan fingerprint density at radius 3 is 2.48 bits per heavy atom. The third-order valence-electron chi connectivity index (χ3n) is 3.79. The molecule has 2 aromatic rings.